The van der Waals surface area contributed by atoms with E-state index in [0.29, 0.717) is 5.92 Å². The Labute approximate surface area is 71.4 Å². The Morgan fingerprint density at radius 2 is 2.25 bits per heavy atom. The van der Waals surface area contributed by atoms with Crippen molar-refractivity contribution < 1.29 is 4.79 Å². The van der Waals surface area contributed by atoms with Crippen LogP contribution >= 0.6 is 0 Å². The lowest BCUT2D eigenvalue weighted by molar-refractivity contribution is -0.115. The van der Waals surface area contributed by atoms with Gasteiger partial charge in [0, 0.05) is 7.05 Å². The van der Waals surface area contributed by atoms with Crippen LogP contribution in [-0.2, 0) is 11.8 Å². The molecular weight excluding hydrogens is 154 g/mol. The van der Waals surface area contributed by atoms with Gasteiger partial charge < -0.3 is 10.3 Å². The van der Waals surface area contributed by atoms with E-state index in [4.69, 9.17) is 5.73 Å². The lowest BCUT2D eigenvalue weighted by Crippen LogP contribution is -2.22. The van der Waals surface area contributed by atoms with E-state index in [2.05, 4.69) is 4.98 Å². The number of amides is 1. The highest BCUT2D eigenvalue weighted by Crippen LogP contribution is 2.15. The van der Waals surface area contributed by atoms with E-state index in [0.717, 1.165) is 11.4 Å². The molecule has 1 aromatic rings. The van der Waals surface area contributed by atoms with Crippen molar-refractivity contribution in [1.29, 1.82) is 0 Å². The van der Waals surface area contributed by atoms with Crippen molar-refractivity contribution in [2.75, 3.05) is 0 Å². The van der Waals surface area contributed by atoms with Gasteiger partial charge in [-0.2, -0.15) is 0 Å². The summed E-state index contributed by atoms with van der Waals surface area (Å²) < 4.78 is 1.79. The first-order valence-corrected chi connectivity index (χ1v) is 3.65. The molecule has 0 fully saturated rings. The highest BCUT2D eigenvalue weighted by molar-refractivity contribution is 5.91. The minimum atomic E-state index is -0.401. The molecule has 0 bridgehead atoms. The van der Waals surface area contributed by atoms with Gasteiger partial charge in [-0.05, 0) is 13.8 Å². The summed E-state index contributed by atoms with van der Waals surface area (Å²) in [4.78, 5) is 14.9. The van der Waals surface area contributed by atoms with Crippen LogP contribution < -0.4 is 5.73 Å². The fraction of sp³-hybridized carbons (Fsp3) is 0.375. The summed E-state index contributed by atoms with van der Waals surface area (Å²) in [5.74, 6) is 0.147. The average Bonchev–Trinajstić information content (AvgIpc) is 2.30. The SMILES string of the molecule is C[C](C(N)=O)c1c(C)ncn1C. The predicted octanol–water partition coefficient (Wildman–Crippen LogP) is 0.156. The molecule has 0 unspecified atom stereocenters. The van der Waals surface area contributed by atoms with Crippen LogP contribution in [0.4, 0.5) is 0 Å². The Balaban J connectivity index is 3.08. The molecule has 0 aliphatic carbocycles. The average molecular weight is 166 g/mol. The summed E-state index contributed by atoms with van der Waals surface area (Å²) >= 11 is 0. The van der Waals surface area contributed by atoms with E-state index in [1.54, 1.807) is 17.8 Å². The van der Waals surface area contributed by atoms with Crippen molar-refractivity contribution in [2.24, 2.45) is 12.8 Å². The summed E-state index contributed by atoms with van der Waals surface area (Å²) in [5.41, 5.74) is 6.78. The van der Waals surface area contributed by atoms with Crippen molar-refractivity contribution >= 4 is 5.91 Å². The molecule has 4 heteroatoms. The number of nitrogens with zero attached hydrogens (tertiary/aromatic N) is 2. The van der Waals surface area contributed by atoms with E-state index in [1.165, 1.54) is 0 Å². The van der Waals surface area contributed by atoms with Crippen LogP contribution in [0.2, 0.25) is 0 Å². The summed E-state index contributed by atoms with van der Waals surface area (Å²) in [6.07, 6.45) is 1.66. The van der Waals surface area contributed by atoms with Gasteiger partial charge in [-0.15, -0.1) is 0 Å². The zero-order valence-electron chi connectivity index (χ0n) is 7.46. The molecule has 0 aliphatic rings. The molecule has 0 aliphatic heterocycles. The molecule has 1 heterocycles. The number of imidazole rings is 1. The quantitative estimate of drug-likeness (QED) is 0.680. The fourth-order valence-corrected chi connectivity index (χ4v) is 1.20. The molecule has 0 saturated heterocycles. The summed E-state index contributed by atoms with van der Waals surface area (Å²) in [5, 5.41) is 0. The Kier molecular flexibility index (Phi) is 2.17. The Morgan fingerprint density at radius 3 is 2.58 bits per heavy atom. The molecular formula is C8H12N3O. The number of carbonyl (C=O) groups excluding carboxylic acids is 1. The summed E-state index contributed by atoms with van der Waals surface area (Å²) in [6, 6.07) is 0. The number of hydrogen-bond acceptors (Lipinski definition) is 2. The lowest BCUT2D eigenvalue weighted by atomic mass is 10.1. The maximum atomic E-state index is 10.8. The first-order valence-electron chi connectivity index (χ1n) is 3.65. The van der Waals surface area contributed by atoms with E-state index in [-0.39, 0.29) is 0 Å². The normalized spacial score (nSPS) is 10.7. The lowest BCUT2D eigenvalue weighted by Gasteiger charge is -2.07. The van der Waals surface area contributed by atoms with Crippen LogP contribution in [-0.4, -0.2) is 15.5 Å². The minimum Gasteiger partial charge on any atom is -0.369 e. The third kappa shape index (κ3) is 1.32. The second-order valence-electron chi connectivity index (χ2n) is 2.78. The number of nitrogens with two attached hydrogens (primary N) is 1. The first-order chi connectivity index (χ1) is 5.54. The van der Waals surface area contributed by atoms with Crippen LogP contribution in [0, 0.1) is 12.8 Å². The fourth-order valence-electron chi connectivity index (χ4n) is 1.20. The number of carbonyl (C=O) groups is 1. The maximum Gasteiger partial charge on any atom is 0.230 e. The van der Waals surface area contributed by atoms with Crippen LogP contribution in [0.1, 0.15) is 18.3 Å². The highest BCUT2D eigenvalue weighted by atomic mass is 16.1. The van der Waals surface area contributed by atoms with Gasteiger partial charge in [0.25, 0.3) is 0 Å². The van der Waals surface area contributed by atoms with E-state index in [1.807, 2.05) is 14.0 Å². The third-order valence-electron chi connectivity index (χ3n) is 1.84. The van der Waals surface area contributed by atoms with Gasteiger partial charge in [-0.1, -0.05) is 0 Å². The minimum absolute atomic E-state index is 0.401. The standard InChI is InChI=1S/C8H12N3O/c1-5(8(9)12)7-6(2)10-4-11(7)3/h4H,1-3H3,(H2,9,12). The second-order valence-corrected chi connectivity index (χ2v) is 2.78. The van der Waals surface area contributed by atoms with Gasteiger partial charge in [0.1, 0.15) is 5.92 Å². The molecule has 4 nitrogen and oxygen atoms in total. The maximum absolute atomic E-state index is 10.8. The Morgan fingerprint density at radius 1 is 1.67 bits per heavy atom. The van der Waals surface area contributed by atoms with E-state index >= 15 is 0 Å². The number of primary amides is 1. The largest absolute Gasteiger partial charge is 0.369 e. The van der Waals surface area contributed by atoms with Gasteiger partial charge in [0.15, 0.2) is 0 Å². The number of aryl methyl sites for hydroxylation is 2. The van der Waals surface area contributed by atoms with Gasteiger partial charge in [0.05, 0.1) is 17.7 Å². The molecule has 0 spiro atoms. The molecule has 2 N–H and O–H groups in total. The number of hydrogen-bond donors (Lipinski definition) is 1. The third-order valence-corrected chi connectivity index (χ3v) is 1.84. The van der Waals surface area contributed by atoms with Crippen molar-refractivity contribution in [2.45, 2.75) is 13.8 Å². The van der Waals surface area contributed by atoms with Crippen LogP contribution in [0.15, 0.2) is 6.33 Å². The zero-order chi connectivity index (χ0) is 9.30. The second kappa shape index (κ2) is 2.97. The molecule has 12 heavy (non-hydrogen) atoms. The Hall–Kier alpha value is -1.32. The van der Waals surface area contributed by atoms with Crippen LogP contribution in [0.25, 0.3) is 0 Å². The molecule has 0 saturated carbocycles. The van der Waals surface area contributed by atoms with Crippen molar-refractivity contribution in [1.82, 2.24) is 9.55 Å². The molecule has 1 radical (unpaired) electrons. The first kappa shape index (κ1) is 8.77. The molecule has 1 aromatic heterocycles. The number of aromatic nitrogens is 2. The molecule has 1 amide bonds. The Bertz CT molecular complexity index is 284. The van der Waals surface area contributed by atoms with Gasteiger partial charge in [-0.25, -0.2) is 4.98 Å². The van der Waals surface area contributed by atoms with Crippen LogP contribution in [0.3, 0.4) is 0 Å². The zero-order valence-corrected chi connectivity index (χ0v) is 7.46. The van der Waals surface area contributed by atoms with Crippen molar-refractivity contribution in [3.8, 4) is 0 Å². The number of rotatable bonds is 2. The van der Waals surface area contributed by atoms with Gasteiger partial charge >= 0.3 is 0 Å². The van der Waals surface area contributed by atoms with Gasteiger partial charge in [0.2, 0.25) is 5.91 Å². The van der Waals surface area contributed by atoms with E-state index < -0.39 is 5.91 Å². The molecule has 0 aromatic carbocycles. The topological polar surface area (TPSA) is 60.9 Å². The van der Waals surface area contributed by atoms with Crippen LogP contribution in [0.5, 0.6) is 0 Å². The van der Waals surface area contributed by atoms with Crippen molar-refractivity contribution in [3.05, 3.63) is 23.6 Å². The molecule has 1 rings (SSSR count). The van der Waals surface area contributed by atoms with Crippen molar-refractivity contribution in [3.63, 3.8) is 0 Å². The summed E-state index contributed by atoms with van der Waals surface area (Å²) in [6.45, 7) is 3.55. The molecule has 65 valence electrons. The van der Waals surface area contributed by atoms with Gasteiger partial charge in [-0.3, -0.25) is 4.79 Å². The molecule has 0 atom stereocenters. The monoisotopic (exact) mass is 166 g/mol. The predicted molar refractivity (Wildman–Crippen MR) is 45.2 cm³/mol. The summed E-state index contributed by atoms with van der Waals surface area (Å²) in [7, 11) is 1.84. The smallest absolute Gasteiger partial charge is 0.230 e. The van der Waals surface area contributed by atoms with E-state index in [9.17, 15) is 4.79 Å². The highest BCUT2D eigenvalue weighted by Gasteiger charge is 2.18.